The number of anilines is 2. The molecule has 7 heteroatoms. The quantitative estimate of drug-likeness (QED) is 0.918. The molecule has 0 spiro atoms. The summed E-state index contributed by atoms with van der Waals surface area (Å²) in [5.41, 5.74) is 2.90. The molecule has 138 valence electrons. The van der Waals surface area contributed by atoms with E-state index in [9.17, 15) is 9.59 Å². The van der Waals surface area contributed by atoms with Crippen molar-refractivity contribution in [1.82, 2.24) is 9.80 Å². The predicted molar refractivity (Wildman–Crippen MR) is 101 cm³/mol. The first kappa shape index (κ1) is 17.8. The number of carbonyl (C=O) groups excluding carboxylic acids is 2. The summed E-state index contributed by atoms with van der Waals surface area (Å²) in [6.07, 6.45) is 1.49. The van der Waals surface area contributed by atoms with Crippen LogP contribution in [0, 0.1) is 6.92 Å². The first-order valence-electron chi connectivity index (χ1n) is 8.62. The minimum absolute atomic E-state index is 0.134. The molecule has 0 unspecified atom stereocenters. The first-order valence-corrected chi connectivity index (χ1v) is 8.62. The van der Waals surface area contributed by atoms with E-state index in [2.05, 4.69) is 5.32 Å². The molecule has 0 atom stereocenters. The number of hydrogen-bond acceptors (Lipinski definition) is 4. The lowest BCUT2D eigenvalue weighted by Gasteiger charge is -2.34. The van der Waals surface area contributed by atoms with Gasteiger partial charge in [-0.1, -0.05) is 0 Å². The van der Waals surface area contributed by atoms with Gasteiger partial charge < -0.3 is 24.4 Å². The van der Waals surface area contributed by atoms with Gasteiger partial charge in [-0.05, 0) is 42.8 Å². The van der Waals surface area contributed by atoms with Crippen molar-refractivity contribution in [2.45, 2.75) is 6.92 Å². The highest BCUT2D eigenvalue weighted by Gasteiger charge is 2.26. The third-order valence-corrected chi connectivity index (χ3v) is 4.55. The number of urea groups is 1. The summed E-state index contributed by atoms with van der Waals surface area (Å²) in [6.45, 7) is 3.94. The standard InChI is InChI=1S/C19H24N4O3/c1-14-13-15(21(2)3)6-7-16(14)20-19(25)23-10-8-22(9-11-23)18(24)17-5-4-12-26-17/h4-7,12-13H,8-11H2,1-3H3,(H,20,25). The van der Waals surface area contributed by atoms with E-state index < -0.39 is 0 Å². The van der Waals surface area contributed by atoms with Crippen molar-refractivity contribution in [3.63, 3.8) is 0 Å². The summed E-state index contributed by atoms with van der Waals surface area (Å²) < 4.78 is 5.15. The number of aryl methyl sites for hydroxylation is 1. The number of benzene rings is 1. The molecule has 0 aliphatic carbocycles. The predicted octanol–water partition coefficient (Wildman–Crippen LogP) is 2.64. The van der Waals surface area contributed by atoms with Crippen LogP contribution in [0.25, 0.3) is 0 Å². The van der Waals surface area contributed by atoms with Gasteiger partial charge in [0.1, 0.15) is 0 Å². The Morgan fingerprint density at radius 1 is 1.08 bits per heavy atom. The van der Waals surface area contributed by atoms with E-state index in [1.807, 2.05) is 44.1 Å². The van der Waals surface area contributed by atoms with Crippen molar-refractivity contribution >= 4 is 23.3 Å². The summed E-state index contributed by atoms with van der Waals surface area (Å²) in [7, 11) is 3.97. The molecule has 26 heavy (non-hydrogen) atoms. The molecule has 1 saturated heterocycles. The molecule has 0 saturated carbocycles. The van der Waals surface area contributed by atoms with Gasteiger partial charge >= 0.3 is 6.03 Å². The highest BCUT2D eigenvalue weighted by atomic mass is 16.3. The van der Waals surface area contributed by atoms with Crippen LogP contribution in [-0.2, 0) is 0 Å². The van der Waals surface area contributed by atoms with Crippen LogP contribution in [-0.4, -0.2) is 62.0 Å². The van der Waals surface area contributed by atoms with Crippen molar-refractivity contribution < 1.29 is 14.0 Å². The van der Waals surface area contributed by atoms with Gasteiger partial charge in [0.2, 0.25) is 0 Å². The average Bonchev–Trinajstić information content (AvgIpc) is 3.17. The molecule has 0 bridgehead atoms. The Morgan fingerprint density at radius 2 is 1.77 bits per heavy atom. The Hall–Kier alpha value is -2.96. The van der Waals surface area contributed by atoms with Crippen LogP contribution in [0.3, 0.4) is 0 Å². The maximum Gasteiger partial charge on any atom is 0.321 e. The van der Waals surface area contributed by atoms with Crippen LogP contribution >= 0.6 is 0 Å². The monoisotopic (exact) mass is 356 g/mol. The fourth-order valence-electron chi connectivity index (χ4n) is 2.93. The van der Waals surface area contributed by atoms with E-state index >= 15 is 0 Å². The molecule has 1 fully saturated rings. The third kappa shape index (κ3) is 3.82. The van der Waals surface area contributed by atoms with Gasteiger partial charge in [-0.2, -0.15) is 0 Å². The molecule has 0 radical (unpaired) electrons. The molecule has 1 N–H and O–H groups in total. The zero-order chi connectivity index (χ0) is 18.7. The van der Waals surface area contributed by atoms with Gasteiger partial charge in [0.25, 0.3) is 5.91 Å². The molecule has 1 aromatic carbocycles. The molecule has 3 rings (SSSR count). The van der Waals surface area contributed by atoms with Gasteiger partial charge in [-0.3, -0.25) is 4.79 Å². The van der Waals surface area contributed by atoms with E-state index in [4.69, 9.17) is 4.42 Å². The van der Waals surface area contributed by atoms with Gasteiger partial charge in [-0.15, -0.1) is 0 Å². The molecular formula is C19H24N4O3. The van der Waals surface area contributed by atoms with Gasteiger partial charge in [-0.25, -0.2) is 4.79 Å². The number of carbonyl (C=O) groups is 2. The first-order chi connectivity index (χ1) is 12.5. The van der Waals surface area contributed by atoms with Crippen molar-refractivity contribution in [1.29, 1.82) is 0 Å². The minimum Gasteiger partial charge on any atom is -0.459 e. The topological polar surface area (TPSA) is 69.0 Å². The Kier molecular flexibility index (Phi) is 5.16. The van der Waals surface area contributed by atoms with E-state index in [1.54, 1.807) is 21.9 Å². The van der Waals surface area contributed by atoms with Crippen LogP contribution in [0.5, 0.6) is 0 Å². The smallest absolute Gasteiger partial charge is 0.321 e. The molecule has 3 amide bonds. The highest BCUT2D eigenvalue weighted by Crippen LogP contribution is 2.22. The molecule has 2 aromatic rings. The number of nitrogens with one attached hydrogen (secondary N) is 1. The van der Waals surface area contributed by atoms with E-state index in [-0.39, 0.29) is 11.9 Å². The van der Waals surface area contributed by atoms with E-state index in [1.165, 1.54) is 6.26 Å². The number of furan rings is 1. The molecule has 1 aliphatic rings. The lowest BCUT2D eigenvalue weighted by Crippen LogP contribution is -2.51. The Bertz CT molecular complexity index is 778. The van der Waals surface area contributed by atoms with Gasteiger partial charge in [0.15, 0.2) is 5.76 Å². The summed E-state index contributed by atoms with van der Waals surface area (Å²) in [4.78, 5) is 30.3. The van der Waals surface area contributed by atoms with E-state index in [0.717, 1.165) is 16.9 Å². The fraction of sp³-hybridized carbons (Fsp3) is 0.368. The number of rotatable bonds is 3. The Labute approximate surface area is 153 Å². The second kappa shape index (κ2) is 7.51. The van der Waals surface area contributed by atoms with Gasteiger partial charge in [0.05, 0.1) is 6.26 Å². The molecule has 2 heterocycles. The normalized spacial score (nSPS) is 14.3. The average molecular weight is 356 g/mol. The third-order valence-electron chi connectivity index (χ3n) is 4.55. The molecule has 1 aromatic heterocycles. The molecular weight excluding hydrogens is 332 g/mol. The summed E-state index contributed by atoms with van der Waals surface area (Å²) in [5, 5.41) is 2.96. The highest BCUT2D eigenvalue weighted by molar-refractivity contribution is 5.92. The second-order valence-electron chi connectivity index (χ2n) is 6.58. The van der Waals surface area contributed by atoms with Crippen LogP contribution in [0.2, 0.25) is 0 Å². The SMILES string of the molecule is Cc1cc(N(C)C)ccc1NC(=O)N1CCN(C(=O)c2ccco2)CC1. The molecule has 1 aliphatic heterocycles. The van der Waals surface area contributed by atoms with Crippen LogP contribution in [0.1, 0.15) is 16.1 Å². The van der Waals surface area contributed by atoms with Crippen molar-refractivity contribution in [3.8, 4) is 0 Å². The molecule has 7 nitrogen and oxygen atoms in total. The maximum absolute atomic E-state index is 12.5. The number of hydrogen-bond donors (Lipinski definition) is 1. The van der Waals surface area contributed by atoms with Crippen LogP contribution < -0.4 is 10.2 Å². The van der Waals surface area contributed by atoms with Crippen LogP contribution in [0.4, 0.5) is 16.2 Å². The lowest BCUT2D eigenvalue weighted by molar-refractivity contribution is 0.0640. The number of amides is 3. The van der Waals surface area contributed by atoms with E-state index in [0.29, 0.717) is 31.9 Å². The van der Waals surface area contributed by atoms with Crippen molar-refractivity contribution in [3.05, 3.63) is 47.9 Å². The summed E-state index contributed by atoms with van der Waals surface area (Å²) in [6, 6.07) is 9.13. The van der Waals surface area contributed by atoms with Gasteiger partial charge in [0, 0.05) is 51.6 Å². The second-order valence-corrected chi connectivity index (χ2v) is 6.58. The van der Waals surface area contributed by atoms with Crippen LogP contribution in [0.15, 0.2) is 41.0 Å². The maximum atomic E-state index is 12.5. The number of piperazine rings is 1. The Balaban J connectivity index is 1.56. The summed E-state index contributed by atoms with van der Waals surface area (Å²) in [5.74, 6) is 0.199. The minimum atomic E-state index is -0.143. The zero-order valence-corrected chi connectivity index (χ0v) is 15.4. The summed E-state index contributed by atoms with van der Waals surface area (Å²) >= 11 is 0. The van der Waals surface area contributed by atoms with Crippen molar-refractivity contribution in [2.75, 3.05) is 50.5 Å². The fourth-order valence-corrected chi connectivity index (χ4v) is 2.93. The lowest BCUT2D eigenvalue weighted by atomic mass is 10.1. The van der Waals surface area contributed by atoms with Crippen molar-refractivity contribution in [2.24, 2.45) is 0 Å². The Morgan fingerprint density at radius 3 is 2.35 bits per heavy atom. The number of nitrogens with zero attached hydrogens (tertiary/aromatic N) is 3. The zero-order valence-electron chi connectivity index (χ0n) is 15.4. The largest absolute Gasteiger partial charge is 0.459 e.